The van der Waals surface area contributed by atoms with Gasteiger partial charge in [0.15, 0.2) is 0 Å². The first-order chi connectivity index (χ1) is 13.2. The number of methoxy groups -OCH3 is 1. The van der Waals surface area contributed by atoms with Crippen molar-refractivity contribution in [1.29, 1.82) is 0 Å². The molecule has 0 radical (unpaired) electrons. The Morgan fingerprint density at radius 3 is 2.59 bits per heavy atom. The zero-order chi connectivity index (χ0) is 18.6. The lowest BCUT2D eigenvalue weighted by molar-refractivity contribution is 0.102. The van der Waals surface area contributed by atoms with Crippen molar-refractivity contribution >= 4 is 22.9 Å². The van der Waals surface area contributed by atoms with Gasteiger partial charge in [-0.2, -0.15) is 0 Å². The number of aromatic nitrogens is 2. The molecule has 0 saturated carbocycles. The molecule has 0 aliphatic heterocycles. The summed E-state index contributed by atoms with van der Waals surface area (Å²) in [4.78, 5) is 17.4. The highest BCUT2D eigenvalue weighted by Gasteiger charge is 2.15. The van der Waals surface area contributed by atoms with Crippen LogP contribution in [0, 0.1) is 0 Å². The number of nitrogens with zero attached hydrogens (tertiary/aromatic N) is 2. The van der Waals surface area contributed by atoms with E-state index in [1.807, 2.05) is 47.0 Å². The third kappa shape index (κ3) is 3.53. The topological polar surface area (TPSA) is 56.1 Å². The van der Waals surface area contributed by atoms with E-state index >= 15 is 0 Å². The highest BCUT2D eigenvalue weighted by Crippen LogP contribution is 2.22. The van der Waals surface area contributed by atoms with Crippen molar-refractivity contribution in [3.63, 3.8) is 0 Å². The van der Waals surface area contributed by atoms with E-state index in [-0.39, 0.29) is 5.91 Å². The van der Waals surface area contributed by atoms with Gasteiger partial charge in [-0.05, 0) is 35.9 Å². The second-order valence-corrected chi connectivity index (χ2v) is 6.18. The summed E-state index contributed by atoms with van der Waals surface area (Å²) >= 11 is 0. The van der Waals surface area contributed by atoms with Crippen LogP contribution in [-0.2, 0) is 6.54 Å². The molecule has 0 aliphatic carbocycles. The number of amides is 1. The molecule has 1 N–H and O–H groups in total. The van der Waals surface area contributed by atoms with E-state index in [1.54, 1.807) is 31.4 Å². The molecule has 0 fully saturated rings. The minimum atomic E-state index is -0.224. The molecule has 3 aromatic carbocycles. The number of benzene rings is 3. The van der Waals surface area contributed by atoms with Gasteiger partial charge in [0.1, 0.15) is 5.75 Å². The van der Waals surface area contributed by atoms with Crippen LogP contribution < -0.4 is 10.1 Å². The summed E-state index contributed by atoms with van der Waals surface area (Å²) in [6.45, 7) is 0.620. The maximum atomic E-state index is 12.7. The molecule has 0 unspecified atom stereocenters. The molecule has 5 heteroatoms. The zero-order valence-electron chi connectivity index (χ0n) is 14.9. The first-order valence-corrected chi connectivity index (χ1v) is 8.69. The molecule has 1 heterocycles. The van der Waals surface area contributed by atoms with E-state index in [2.05, 4.69) is 22.4 Å². The summed E-state index contributed by atoms with van der Waals surface area (Å²) in [7, 11) is 1.58. The van der Waals surface area contributed by atoms with Gasteiger partial charge in [-0.1, -0.05) is 48.5 Å². The van der Waals surface area contributed by atoms with E-state index in [9.17, 15) is 4.79 Å². The fraction of sp³-hybridized carbons (Fsp3) is 0.0909. The number of carbonyl (C=O) groups is 1. The van der Waals surface area contributed by atoms with Crippen molar-refractivity contribution in [1.82, 2.24) is 9.55 Å². The maximum absolute atomic E-state index is 12.7. The second-order valence-electron chi connectivity index (χ2n) is 6.18. The quantitative estimate of drug-likeness (QED) is 0.578. The number of rotatable bonds is 5. The van der Waals surface area contributed by atoms with Crippen LogP contribution in [0.5, 0.6) is 5.75 Å². The third-order valence-electron chi connectivity index (χ3n) is 4.40. The van der Waals surface area contributed by atoms with E-state index in [4.69, 9.17) is 4.74 Å². The predicted molar refractivity (Wildman–Crippen MR) is 106 cm³/mol. The number of para-hydroxylation sites is 2. The summed E-state index contributed by atoms with van der Waals surface area (Å²) in [6.07, 6.45) is 0. The monoisotopic (exact) mass is 357 g/mol. The minimum absolute atomic E-state index is 0.224. The van der Waals surface area contributed by atoms with E-state index in [0.29, 0.717) is 23.8 Å². The van der Waals surface area contributed by atoms with Crippen LogP contribution >= 0.6 is 0 Å². The average molecular weight is 357 g/mol. The SMILES string of the molecule is COc1cccc(C(=O)Nc2nc3ccccc3n2Cc2ccccc2)c1. The maximum Gasteiger partial charge on any atom is 0.258 e. The molecule has 27 heavy (non-hydrogen) atoms. The molecule has 0 aliphatic rings. The zero-order valence-corrected chi connectivity index (χ0v) is 14.9. The van der Waals surface area contributed by atoms with E-state index in [1.165, 1.54) is 0 Å². The summed E-state index contributed by atoms with van der Waals surface area (Å²) in [6, 6.07) is 25.0. The first kappa shape index (κ1) is 16.8. The largest absolute Gasteiger partial charge is 0.497 e. The van der Waals surface area contributed by atoms with Gasteiger partial charge in [0, 0.05) is 5.56 Å². The number of ether oxygens (including phenoxy) is 1. The van der Waals surface area contributed by atoms with Crippen LogP contribution in [0.2, 0.25) is 0 Å². The molecule has 4 rings (SSSR count). The summed E-state index contributed by atoms with van der Waals surface area (Å²) in [5.41, 5.74) is 3.47. The van der Waals surface area contributed by atoms with Gasteiger partial charge in [0.25, 0.3) is 5.91 Å². The Morgan fingerprint density at radius 2 is 1.78 bits per heavy atom. The molecule has 1 amide bonds. The number of carbonyl (C=O) groups excluding carboxylic acids is 1. The molecule has 5 nitrogen and oxygen atoms in total. The Labute approximate surface area is 157 Å². The molecule has 1 aromatic heterocycles. The van der Waals surface area contributed by atoms with E-state index in [0.717, 1.165) is 16.6 Å². The van der Waals surface area contributed by atoms with Gasteiger partial charge in [-0.3, -0.25) is 10.1 Å². The summed E-state index contributed by atoms with van der Waals surface area (Å²) in [5.74, 6) is 0.937. The number of nitrogens with one attached hydrogen (secondary N) is 1. The van der Waals surface area contributed by atoms with Crippen molar-refractivity contribution in [2.75, 3.05) is 12.4 Å². The number of imidazole rings is 1. The van der Waals surface area contributed by atoms with Crippen LogP contribution in [0.15, 0.2) is 78.9 Å². The van der Waals surface area contributed by atoms with Crippen molar-refractivity contribution < 1.29 is 9.53 Å². The lowest BCUT2D eigenvalue weighted by Gasteiger charge is -2.11. The summed E-state index contributed by atoms with van der Waals surface area (Å²) < 4.78 is 7.22. The molecule has 0 saturated heterocycles. The van der Waals surface area contributed by atoms with Crippen LogP contribution in [0.1, 0.15) is 15.9 Å². The lowest BCUT2D eigenvalue weighted by Crippen LogP contribution is -2.16. The standard InChI is InChI=1S/C22H19N3O2/c1-27-18-11-7-10-17(14-18)21(26)24-22-23-19-12-5-6-13-20(19)25(22)15-16-8-3-2-4-9-16/h2-14H,15H2,1H3,(H,23,24,26). The Hall–Kier alpha value is -3.60. The third-order valence-corrected chi connectivity index (χ3v) is 4.40. The van der Waals surface area contributed by atoms with Crippen molar-refractivity contribution in [2.45, 2.75) is 6.54 Å². The highest BCUT2D eigenvalue weighted by atomic mass is 16.5. The van der Waals surface area contributed by atoms with Crippen molar-refractivity contribution in [3.05, 3.63) is 90.0 Å². The molecule has 0 spiro atoms. The number of hydrogen-bond donors (Lipinski definition) is 1. The predicted octanol–water partition coefficient (Wildman–Crippen LogP) is 4.35. The van der Waals surface area contributed by atoms with Crippen LogP contribution in [0.3, 0.4) is 0 Å². The molecule has 4 aromatic rings. The van der Waals surface area contributed by atoms with E-state index < -0.39 is 0 Å². The Morgan fingerprint density at radius 1 is 1.00 bits per heavy atom. The van der Waals surface area contributed by atoms with Gasteiger partial charge in [-0.25, -0.2) is 4.98 Å². The summed E-state index contributed by atoms with van der Waals surface area (Å²) in [5, 5.41) is 2.95. The fourth-order valence-electron chi connectivity index (χ4n) is 3.03. The van der Waals surface area contributed by atoms with Crippen LogP contribution in [-0.4, -0.2) is 22.6 Å². The Kier molecular flexibility index (Phi) is 4.58. The highest BCUT2D eigenvalue weighted by molar-refractivity contribution is 6.04. The van der Waals surface area contributed by atoms with Crippen molar-refractivity contribution in [3.8, 4) is 5.75 Å². The van der Waals surface area contributed by atoms with Gasteiger partial charge >= 0.3 is 0 Å². The number of hydrogen-bond acceptors (Lipinski definition) is 3. The average Bonchev–Trinajstić information content (AvgIpc) is 3.06. The van der Waals surface area contributed by atoms with Gasteiger partial charge in [-0.15, -0.1) is 0 Å². The molecule has 134 valence electrons. The van der Waals surface area contributed by atoms with Crippen molar-refractivity contribution in [2.24, 2.45) is 0 Å². The molecular weight excluding hydrogens is 338 g/mol. The smallest absolute Gasteiger partial charge is 0.258 e. The first-order valence-electron chi connectivity index (χ1n) is 8.69. The lowest BCUT2D eigenvalue weighted by atomic mass is 10.2. The second kappa shape index (κ2) is 7.33. The normalized spacial score (nSPS) is 10.7. The van der Waals surface area contributed by atoms with Gasteiger partial charge in [0.2, 0.25) is 5.95 Å². The Bertz CT molecular complexity index is 1090. The van der Waals surface area contributed by atoms with Gasteiger partial charge in [0.05, 0.1) is 24.7 Å². The number of anilines is 1. The molecular formula is C22H19N3O2. The molecule has 0 atom stereocenters. The number of fused-ring (bicyclic) bond motifs is 1. The Balaban J connectivity index is 1.70. The minimum Gasteiger partial charge on any atom is -0.497 e. The van der Waals surface area contributed by atoms with Crippen LogP contribution in [0.4, 0.5) is 5.95 Å². The molecule has 0 bridgehead atoms. The van der Waals surface area contributed by atoms with Gasteiger partial charge < -0.3 is 9.30 Å². The fourth-order valence-corrected chi connectivity index (χ4v) is 3.03. The van der Waals surface area contributed by atoms with Crippen LogP contribution in [0.25, 0.3) is 11.0 Å².